The highest BCUT2D eigenvalue weighted by atomic mass is 32.2. The van der Waals surface area contributed by atoms with Crippen molar-refractivity contribution in [3.8, 4) is 0 Å². The minimum Gasteiger partial charge on any atom is -0.394 e. The van der Waals surface area contributed by atoms with Crippen molar-refractivity contribution in [1.29, 1.82) is 0 Å². The van der Waals surface area contributed by atoms with E-state index in [-0.39, 0.29) is 17.0 Å². The van der Waals surface area contributed by atoms with Crippen molar-refractivity contribution in [2.75, 3.05) is 18.9 Å². The molecule has 2 fully saturated rings. The topological polar surface area (TPSA) is 250 Å². The maximum Gasteiger partial charge on any atom is 0.472 e. The first-order chi connectivity index (χ1) is 19.7. The Hall–Kier alpha value is -2.65. The van der Waals surface area contributed by atoms with Gasteiger partial charge < -0.3 is 35.3 Å². The highest BCUT2D eigenvalue weighted by Gasteiger charge is 2.57. The Labute approximate surface area is 236 Å². The van der Waals surface area contributed by atoms with Gasteiger partial charge in [-0.15, -0.1) is 0 Å². The van der Waals surface area contributed by atoms with Gasteiger partial charge in [-0.25, -0.2) is 14.5 Å². The molecule has 0 aliphatic carbocycles. The van der Waals surface area contributed by atoms with Crippen molar-refractivity contribution in [2.24, 2.45) is 0 Å². The smallest absolute Gasteiger partial charge is 0.394 e. The number of nitrogens with zero attached hydrogens (tertiary/aromatic N) is 6. The second-order valence-electron chi connectivity index (χ2n) is 9.73. The van der Waals surface area contributed by atoms with Gasteiger partial charge in [-0.2, -0.15) is 9.55 Å². The van der Waals surface area contributed by atoms with Crippen LogP contribution in [0.5, 0.6) is 0 Å². The van der Waals surface area contributed by atoms with E-state index in [1.54, 1.807) is 9.13 Å². The Morgan fingerprint density at radius 2 is 2.07 bits per heavy atom. The molecule has 21 heteroatoms. The number of H-pyrrole nitrogens is 2. The van der Waals surface area contributed by atoms with Crippen LogP contribution in [0.25, 0.3) is 22.3 Å². The number of aliphatic hydroxyl groups is 2. The molecule has 0 bridgehead atoms. The molecule has 9 atom stereocenters. The summed E-state index contributed by atoms with van der Waals surface area (Å²) < 4.78 is 39.2. The summed E-state index contributed by atoms with van der Waals surface area (Å²) in [6, 6.07) is 0. The fourth-order valence-electron chi connectivity index (χ4n) is 5.60. The van der Waals surface area contributed by atoms with Crippen molar-refractivity contribution < 1.29 is 42.8 Å². The molecule has 0 aromatic carbocycles. The number of phosphoric acid groups is 1. The lowest BCUT2D eigenvalue weighted by atomic mass is 10.2. The molecule has 41 heavy (non-hydrogen) atoms. The van der Waals surface area contributed by atoms with E-state index in [0.717, 1.165) is 0 Å². The van der Waals surface area contributed by atoms with E-state index in [1.807, 2.05) is 0 Å². The molecule has 0 saturated carbocycles. The van der Waals surface area contributed by atoms with Crippen LogP contribution in [-0.2, 0) is 23.1 Å². The van der Waals surface area contributed by atoms with Gasteiger partial charge in [0.1, 0.15) is 29.7 Å². The third-order valence-electron chi connectivity index (χ3n) is 7.42. The minimum absolute atomic E-state index is 0.130. The first-order valence-corrected chi connectivity index (χ1v) is 15.6. The molecule has 216 valence electrons. The average Bonchev–Trinajstić information content (AvgIpc) is 3.74. The van der Waals surface area contributed by atoms with Gasteiger partial charge in [0, 0.05) is 0 Å². The monoisotopic (exact) mass is 626 g/mol. The average molecular weight is 627 g/mol. The van der Waals surface area contributed by atoms with E-state index >= 15 is 0 Å². The number of phosphoric ester groups is 1. The molecule has 8 heterocycles. The van der Waals surface area contributed by atoms with Gasteiger partial charge in [0.25, 0.3) is 10.7 Å². The van der Waals surface area contributed by atoms with Crippen molar-refractivity contribution in [1.82, 2.24) is 34.5 Å². The van der Waals surface area contributed by atoms with Gasteiger partial charge in [-0.05, 0) is 11.8 Å². The number of aromatic amines is 2. The number of imidazole rings is 2. The largest absolute Gasteiger partial charge is 0.472 e. The summed E-state index contributed by atoms with van der Waals surface area (Å²) >= 11 is 2.51. The Bertz CT molecular complexity index is 1820. The summed E-state index contributed by atoms with van der Waals surface area (Å²) in [5, 5.41) is 20.9. The molecule has 18 nitrogen and oxygen atoms in total. The zero-order valence-electron chi connectivity index (χ0n) is 20.5. The summed E-state index contributed by atoms with van der Waals surface area (Å²) in [5.74, 6) is 0.271. The maximum atomic E-state index is 13.1. The first-order valence-electron chi connectivity index (χ1n) is 12.3. The minimum atomic E-state index is -4.74. The van der Waals surface area contributed by atoms with Crippen molar-refractivity contribution in [2.45, 2.75) is 57.7 Å². The fourth-order valence-corrected chi connectivity index (χ4v) is 9.35. The van der Waals surface area contributed by atoms with Crippen LogP contribution in [0.3, 0.4) is 0 Å². The number of nitrogens with one attached hydrogen (secondary N) is 2. The Balaban J connectivity index is 0.974. The van der Waals surface area contributed by atoms with Gasteiger partial charge in [-0.1, -0.05) is 16.7 Å². The van der Waals surface area contributed by atoms with E-state index in [1.165, 1.54) is 36.2 Å². The summed E-state index contributed by atoms with van der Waals surface area (Å²) in [7, 11) is -4.74. The van der Waals surface area contributed by atoms with Crippen molar-refractivity contribution in [3.63, 3.8) is 0 Å². The first kappa shape index (κ1) is 26.0. The van der Waals surface area contributed by atoms with Gasteiger partial charge in [0.05, 0.1) is 24.8 Å². The lowest BCUT2D eigenvalue weighted by molar-refractivity contribution is -0.763. The number of hydrogen-bond donors (Lipinski definition) is 6. The number of nitrogen functional groups attached to an aromatic ring is 1. The number of fused-ring (bicyclic) bond motifs is 10. The molecular formula is C20H21N9O9PS2+. The summed E-state index contributed by atoms with van der Waals surface area (Å²) in [5.41, 5.74) is 6.98. The summed E-state index contributed by atoms with van der Waals surface area (Å²) in [6.45, 7) is -0.952. The molecule has 4 aromatic heterocycles. The number of rotatable bonds is 6. The molecular weight excluding hydrogens is 605 g/mol. The number of anilines is 1. The number of thioether (sulfide) groups is 2. The van der Waals surface area contributed by atoms with Gasteiger partial charge in [-0.3, -0.25) is 23.4 Å². The molecule has 2 saturated heterocycles. The van der Waals surface area contributed by atoms with E-state index < -0.39 is 74.0 Å². The van der Waals surface area contributed by atoms with Gasteiger partial charge in [0.15, 0.2) is 40.9 Å². The third kappa shape index (κ3) is 3.83. The van der Waals surface area contributed by atoms with Crippen LogP contribution < -0.4 is 15.9 Å². The van der Waals surface area contributed by atoms with Crippen molar-refractivity contribution >= 4 is 59.5 Å². The molecule has 4 aliphatic rings. The van der Waals surface area contributed by atoms with E-state index in [4.69, 9.17) is 24.3 Å². The van der Waals surface area contributed by atoms with Crippen LogP contribution >= 0.6 is 31.3 Å². The zero-order chi connectivity index (χ0) is 28.2. The van der Waals surface area contributed by atoms with E-state index in [9.17, 15) is 24.5 Å². The van der Waals surface area contributed by atoms with Crippen LogP contribution in [0.4, 0.5) is 5.82 Å². The number of hydrogen-bond acceptors (Lipinski definition) is 15. The van der Waals surface area contributed by atoms with Gasteiger partial charge >= 0.3 is 13.5 Å². The SMILES string of the molecule is Nc1ncnc2c1[nH]c1[n+]2C2OC(COP(=O)(O)OC3C(CO)OC4C3Sc3nc5c(=O)[nH]cnc5n34)C(O)C2S1. The number of aromatic nitrogens is 8. The fraction of sp³-hybridized carbons (Fsp3) is 0.500. The number of aliphatic hydroxyl groups excluding tert-OH is 2. The Morgan fingerprint density at radius 1 is 1.22 bits per heavy atom. The standard InChI is InChI=1S/C20H20N9O9PS2/c21-13-7-14(23-3-22-13)28-17-11(40-19(28)26-7)9(31)6(37-17)2-35-39(33,34)38-10-5(1-30)36-18-12(10)41-20-27-8-15(29(18)20)24-4-25-16(8)32/h3-6,9-12,17-18,30-31H,1-2H2,(H4,21,22,23,24,25,32,33,34)/p+1. The predicted octanol–water partition coefficient (Wildman–Crippen LogP) is -1.44. The quantitative estimate of drug-likeness (QED) is 0.106. The number of nitrogens with two attached hydrogens (primary N) is 1. The highest BCUT2D eigenvalue weighted by Crippen LogP contribution is 2.55. The molecule has 9 unspecified atom stereocenters. The number of ether oxygens (including phenoxy) is 2. The zero-order valence-corrected chi connectivity index (χ0v) is 23.0. The van der Waals surface area contributed by atoms with Crippen LogP contribution in [0.2, 0.25) is 0 Å². The molecule has 8 rings (SSSR count). The normalized spacial score (nSPS) is 33.2. The van der Waals surface area contributed by atoms with Crippen LogP contribution in [0.15, 0.2) is 27.8 Å². The lowest BCUT2D eigenvalue weighted by Gasteiger charge is -2.24. The van der Waals surface area contributed by atoms with E-state index in [2.05, 4.69) is 29.9 Å². The Morgan fingerprint density at radius 3 is 2.90 bits per heavy atom. The molecule has 0 spiro atoms. The second-order valence-corrected chi connectivity index (χ2v) is 13.4. The van der Waals surface area contributed by atoms with Gasteiger partial charge in [0.2, 0.25) is 5.52 Å². The molecule has 4 aromatic rings. The lowest BCUT2D eigenvalue weighted by Crippen LogP contribution is -2.40. The maximum absolute atomic E-state index is 13.1. The van der Waals surface area contributed by atoms with Crippen LogP contribution in [-0.4, -0.2) is 97.7 Å². The second kappa shape index (κ2) is 9.17. The molecule has 4 aliphatic heterocycles. The third-order valence-corrected chi connectivity index (χ3v) is 11.0. The van der Waals surface area contributed by atoms with Crippen LogP contribution in [0.1, 0.15) is 12.5 Å². The molecule has 0 radical (unpaired) electrons. The van der Waals surface area contributed by atoms with Crippen molar-refractivity contribution in [3.05, 3.63) is 23.0 Å². The van der Waals surface area contributed by atoms with Crippen LogP contribution in [0, 0.1) is 0 Å². The highest BCUT2D eigenvalue weighted by molar-refractivity contribution is 8.00. The summed E-state index contributed by atoms with van der Waals surface area (Å²) in [6.07, 6.45) is -2.84. The summed E-state index contributed by atoms with van der Waals surface area (Å²) in [4.78, 5) is 45.1. The molecule has 0 amide bonds. The predicted molar refractivity (Wildman–Crippen MR) is 137 cm³/mol. The molecule has 7 N–H and O–H groups in total. The van der Waals surface area contributed by atoms with E-state index in [0.29, 0.717) is 21.5 Å². The Kier molecular flexibility index (Phi) is 5.82.